The fraction of sp³-hybridized carbons (Fsp3) is 0.0889. The summed E-state index contributed by atoms with van der Waals surface area (Å²) in [6.45, 7) is 0. The molecule has 0 N–H and O–H groups in total. The number of fused-ring (bicyclic) bond motifs is 7. The molecule has 6 aromatic carbocycles. The van der Waals surface area contributed by atoms with Crippen LogP contribution in [0.4, 0.5) is 0 Å². The summed E-state index contributed by atoms with van der Waals surface area (Å²) in [6, 6.07) is 42.4. The average Bonchev–Trinajstić information content (AvgIpc) is 3.57. The van der Waals surface area contributed by atoms with Gasteiger partial charge in [0.2, 0.25) is 0 Å². The molecule has 2 aliphatic rings. The van der Waals surface area contributed by atoms with E-state index in [9.17, 15) is 0 Å². The Bertz CT molecular complexity index is 2700. The molecule has 4 nitrogen and oxygen atoms in total. The molecule has 0 aliphatic heterocycles. The summed E-state index contributed by atoms with van der Waals surface area (Å²) in [5.74, 6) is 2.56. The van der Waals surface area contributed by atoms with Gasteiger partial charge in [-0.25, -0.2) is 15.0 Å². The molecule has 49 heavy (non-hydrogen) atoms. The lowest BCUT2D eigenvalue weighted by atomic mass is 9.82. The number of nitrogens with zero attached hydrogens (tertiary/aromatic N) is 3. The van der Waals surface area contributed by atoms with Gasteiger partial charge in [0.15, 0.2) is 17.5 Å². The van der Waals surface area contributed by atoms with Crippen LogP contribution in [0.1, 0.15) is 25.1 Å². The summed E-state index contributed by atoms with van der Waals surface area (Å²) in [5.41, 5.74) is 8.15. The van der Waals surface area contributed by atoms with E-state index < -0.39 is 0 Å². The van der Waals surface area contributed by atoms with E-state index in [0.29, 0.717) is 23.4 Å². The quantitative estimate of drug-likeness (QED) is 0.182. The zero-order chi connectivity index (χ0) is 32.3. The molecule has 10 rings (SSSR count). The maximum atomic E-state index is 6.78. The molecule has 4 heteroatoms. The molecule has 1 atom stereocenters. The summed E-state index contributed by atoms with van der Waals surface area (Å²) in [5, 5.41) is 6.90. The largest absolute Gasteiger partial charge is 0.455 e. The number of aromatic nitrogens is 3. The zero-order valence-electron chi connectivity index (χ0n) is 26.8. The van der Waals surface area contributed by atoms with Gasteiger partial charge in [-0.1, -0.05) is 115 Å². The first-order valence-electron chi connectivity index (χ1n) is 17.0. The first kappa shape index (κ1) is 27.9. The standard InChI is InChI=1S/C45H31N3O/c1-2-13-29(14-3-1)43-46-44(32-23-22-28-12-4-5-15-30(28)26-32)48-45(47-43)38-25-24-36(42-41(38)37-20-10-11-21-40(37)49-42)39-27-31-16-6-7-17-33(31)34-18-8-9-19-35(34)39/h1-3,5-11,13-21,23-28H,4,12,22H2. The Morgan fingerprint density at radius 1 is 0.592 bits per heavy atom. The lowest BCUT2D eigenvalue weighted by Crippen LogP contribution is -2.10. The number of hydrogen-bond donors (Lipinski definition) is 0. The highest BCUT2D eigenvalue weighted by Crippen LogP contribution is 2.44. The summed E-state index contributed by atoms with van der Waals surface area (Å²) in [7, 11) is 0. The topological polar surface area (TPSA) is 51.8 Å². The summed E-state index contributed by atoms with van der Waals surface area (Å²) in [6.07, 6.45) is 12.5. The molecular weight excluding hydrogens is 599 g/mol. The fourth-order valence-electron chi connectivity index (χ4n) is 7.75. The van der Waals surface area contributed by atoms with Crippen molar-refractivity contribution in [2.45, 2.75) is 19.3 Å². The molecule has 2 aromatic heterocycles. The van der Waals surface area contributed by atoms with Gasteiger partial charge in [0.1, 0.15) is 11.2 Å². The van der Waals surface area contributed by atoms with Gasteiger partial charge in [0, 0.05) is 33.0 Å². The van der Waals surface area contributed by atoms with Crippen molar-refractivity contribution in [3.8, 4) is 33.9 Å². The van der Waals surface area contributed by atoms with Gasteiger partial charge in [-0.05, 0) is 88.2 Å². The lowest BCUT2D eigenvalue weighted by molar-refractivity contribution is 0.567. The van der Waals surface area contributed by atoms with Crippen molar-refractivity contribution in [2.75, 3.05) is 0 Å². The minimum Gasteiger partial charge on any atom is -0.455 e. The Kier molecular flexibility index (Phi) is 6.41. The van der Waals surface area contributed by atoms with E-state index >= 15 is 0 Å². The van der Waals surface area contributed by atoms with Crippen molar-refractivity contribution in [3.63, 3.8) is 0 Å². The van der Waals surface area contributed by atoms with Crippen molar-refractivity contribution in [1.82, 2.24) is 15.0 Å². The van der Waals surface area contributed by atoms with E-state index in [1.54, 1.807) is 0 Å². The van der Waals surface area contributed by atoms with Crippen molar-refractivity contribution >= 4 is 49.1 Å². The van der Waals surface area contributed by atoms with E-state index in [1.807, 2.05) is 30.3 Å². The Morgan fingerprint density at radius 2 is 1.31 bits per heavy atom. The minimum atomic E-state index is 0.569. The molecule has 232 valence electrons. The number of allylic oxidation sites excluding steroid dienone is 6. The highest BCUT2D eigenvalue weighted by molar-refractivity contribution is 6.20. The average molecular weight is 630 g/mol. The SMILES string of the molecule is C1=CC2=CC(c3nc(-c4ccccc4)nc(-c4ccc(-c5cc6ccccc6c6ccccc56)c5oc6ccccc6c45)n3)=CCC2CC1. The lowest BCUT2D eigenvalue weighted by Gasteiger charge is -2.24. The molecule has 2 heterocycles. The fourth-order valence-corrected chi connectivity index (χ4v) is 7.75. The maximum Gasteiger partial charge on any atom is 0.164 e. The van der Waals surface area contributed by atoms with Crippen LogP contribution in [0.2, 0.25) is 0 Å². The molecule has 0 fully saturated rings. The Hall–Kier alpha value is -6.13. The molecular formula is C45H31N3O. The highest BCUT2D eigenvalue weighted by atomic mass is 16.3. The number of para-hydroxylation sites is 1. The summed E-state index contributed by atoms with van der Waals surface area (Å²) < 4.78 is 6.78. The summed E-state index contributed by atoms with van der Waals surface area (Å²) in [4.78, 5) is 15.4. The minimum absolute atomic E-state index is 0.569. The number of benzene rings is 6. The van der Waals surface area contributed by atoms with Crippen molar-refractivity contribution in [2.24, 2.45) is 5.92 Å². The van der Waals surface area contributed by atoms with Gasteiger partial charge in [0.25, 0.3) is 0 Å². The molecule has 0 saturated heterocycles. The van der Waals surface area contributed by atoms with Crippen LogP contribution in [0.5, 0.6) is 0 Å². The van der Waals surface area contributed by atoms with Crippen LogP contribution in [0, 0.1) is 5.92 Å². The monoisotopic (exact) mass is 629 g/mol. The van der Waals surface area contributed by atoms with E-state index in [2.05, 4.69) is 115 Å². The van der Waals surface area contributed by atoms with Crippen molar-refractivity contribution in [3.05, 3.63) is 157 Å². The van der Waals surface area contributed by atoms with Crippen LogP contribution in [0.15, 0.2) is 156 Å². The zero-order valence-corrected chi connectivity index (χ0v) is 26.8. The normalized spacial score (nSPS) is 15.9. The molecule has 8 aromatic rings. The molecule has 0 amide bonds. The van der Waals surface area contributed by atoms with Crippen molar-refractivity contribution < 1.29 is 4.42 Å². The maximum absolute atomic E-state index is 6.78. The second-order valence-electron chi connectivity index (χ2n) is 13.0. The highest BCUT2D eigenvalue weighted by Gasteiger charge is 2.24. The number of hydrogen-bond acceptors (Lipinski definition) is 4. The third kappa shape index (κ3) is 4.63. The van der Waals surface area contributed by atoms with Crippen LogP contribution >= 0.6 is 0 Å². The predicted molar refractivity (Wildman–Crippen MR) is 201 cm³/mol. The van der Waals surface area contributed by atoms with Gasteiger partial charge in [-0.3, -0.25) is 0 Å². The summed E-state index contributed by atoms with van der Waals surface area (Å²) >= 11 is 0. The Balaban J connectivity index is 1.24. The molecule has 0 saturated carbocycles. The van der Waals surface area contributed by atoms with Crippen LogP contribution in [-0.2, 0) is 0 Å². The second-order valence-corrected chi connectivity index (χ2v) is 13.0. The Labute approximate surface area is 283 Å². The number of furan rings is 1. The van der Waals surface area contributed by atoms with Gasteiger partial charge < -0.3 is 4.42 Å². The first-order valence-corrected chi connectivity index (χ1v) is 17.0. The van der Waals surface area contributed by atoms with Crippen LogP contribution in [0.25, 0.3) is 83.0 Å². The van der Waals surface area contributed by atoms with E-state index in [-0.39, 0.29) is 0 Å². The molecule has 0 bridgehead atoms. The van der Waals surface area contributed by atoms with Gasteiger partial charge in [0.05, 0.1) is 0 Å². The number of rotatable bonds is 4. The smallest absolute Gasteiger partial charge is 0.164 e. The molecule has 0 radical (unpaired) electrons. The van der Waals surface area contributed by atoms with Crippen LogP contribution < -0.4 is 0 Å². The molecule has 2 aliphatic carbocycles. The van der Waals surface area contributed by atoms with Gasteiger partial charge in [-0.2, -0.15) is 0 Å². The molecule has 1 unspecified atom stereocenters. The van der Waals surface area contributed by atoms with E-state index in [0.717, 1.165) is 62.6 Å². The molecule has 0 spiro atoms. The van der Waals surface area contributed by atoms with E-state index in [4.69, 9.17) is 19.4 Å². The van der Waals surface area contributed by atoms with Gasteiger partial charge >= 0.3 is 0 Å². The third-order valence-electron chi connectivity index (χ3n) is 10.2. The van der Waals surface area contributed by atoms with Gasteiger partial charge in [-0.15, -0.1) is 0 Å². The van der Waals surface area contributed by atoms with Crippen molar-refractivity contribution in [1.29, 1.82) is 0 Å². The third-order valence-corrected chi connectivity index (χ3v) is 10.2. The Morgan fingerprint density at radius 3 is 2.20 bits per heavy atom. The second kappa shape index (κ2) is 11.2. The van der Waals surface area contributed by atoms with E-state index in [1.165, 1.54) is 33.5 Å². The van der Waals surface area contributed by atoms with Crippen LogP contribution in [0.3, 0.4) is 0 Å². The predicted octanol–water partition coefficient (Wildman–Crippen LogP) is 11.8. The first-order chi connectivity index (χ1) is 24.3. The van der Waals surface area contributed by atoms with Crippen LogP contribution in [-0.4, -0.2) is 15.0 Å².